The molecule has 0 aliphatic carbocycles. The molecule has 0 aromatic rings. The molecule has 0 aromatic carbocycles. The molecular formula is F2LiOP. The van der Waals surface area contributed by atoms with E-state index < -0.39 is 6.19 Å². The SMILES string of the molecule is [Li][P](=O)(F)F. The summed E-state index contributed by atoms with van der Waals surface area (Å²) in [6, 6.07) is 0. The Morgan fingerprint density at radius 3 is 1.60 bits per heavy atom. The normalized spacial score (nSPS) is 12.0. The molecule has 0 N–H and O–H groups in total. The van der Waals surface area contributed by atoms with Gasteiger partial charge in [-0.1, -0.05) is 0 Å². The maximum atomic E-state index is 10.6. The molecule has 0 aliphatic rings. The fraction of sp³-hybridized carbons (Fsp3) is 0. The van der Waals surface area contributed by atoms with Gasteiger partial charge in [0, 0.05) is 0 Å². The van der Waals surface area contributed by atoms with Gasteiger partial charge in [0.05, 0.1) is 0 Å². The summed E-state index contributed by atoms with van der Waals surface area (Å²) in [7, 11) is 0. The Balaban J connectivity index is 3.47. The Labute approximate surface area is 37.1 Å². The first-order chi connectivity index (χ1) is 2.00. The van der Waals surface area contributed by atoms with Gasteiger partial charge in [-0.25, -0.2) is 0 Å². The van der Waals surface area contributed by atoms with Crippen LogP contribution in [0.25, 0.3) is 0 Å². The third-order valence-electron chi connectivity index (χ3n) is 0. The van der Waals surface area contributed by atoms with Crippen molar-refractivity contribution < 1.29 is 13.0 Å². The van der Waals surface area contributed by atoms with E-state index in [4.69, 9.17) is 4.57 Å². The monoisotopic (exact) mass is 92.0 g/mol. The van der Waals surface area contributed by atoms with E-state index in [1.165, 1.54) is 0 Å². The predicted molar refractivity (Wildman–Crippen MR) is 15.6 cm³/mol. The maximum absolute atomic E-state index is 10.6. The van der Waals surface area contributed by atoms with Crippen molar-refractivity contribution in [2.45, 2.75) is 0 Å². The quantitative estimate of drug-likeness (QED) is 0.324. The van der Waals surface area contributed by atoms with Crippen LogP contribution in [0.5, 0.6) is 0 Å². The molecule has 0 spiro atoms. The van der Waals surface area contributed by atoms with Gasteiger partial charge in [0.25, 0.3) is 0 Å². The van der Waals surface area contributed by atoms with E-state index in [0.29, 0.717) is 17.2 Å². The first kappa shape index (κ1) is 5.69. The molecule has 0 amide bonds. The molecule has 0 saturated heterocycles. The third-order valence-corrected chi connectivity index (χ3v) is 0. The molecule has 0 unspecified atom stereocenters. The first-order valence-electron chi connectivity index (χ1n) is 0.968. The molecule has 5 heteroatoms. The van der Waals surface area contributed by atoms with Crippen LogP contribution >= 0.6 is 6.19 Å². The second-order valence-electron chi connectivity index (χ2n) is 0.723. The van der Waals surface area contributed by atoms with Gasteiger partial charge < -0.3 is 0 Å². The Kier molecular flexibility index (Phi) is 1.62. The minimum absolute atomic E-state index is 0.410. The summed E-state index contributed by atoms with van der Waals surface area (Å²) in [6.45, 7) is 0. The average Bonchev–Trinajstić information content (AvgIpc) is 0.722. The molecule has 0 saturated carbocycles. The van der Waals surface area contributed by atoms with Crippen LogP contribution in [0.4, 0.5) is 8.39 Å². The summed E-state index contributed by atoms with van der Waals surface area (Å²) in [5.41, 5.74) is 0. The van der Waals surface area contributed by atoms with E-state index in [1.807, 2.05) is 0 Å². The molecule has 26 valence electrons. The molecule has 5 heavy (non-hydrogen) atoms. The Morgan fingerprint density at radius 1 is 1.60 bits per heavy atom. The summed E-state index contributed by atoms with van der Waals surface area (Å²) in [5, 5.41) is 0. The molecule has 0 atom stereocenters. The van der Waals surface area contributed by atoms with Crippen LogP contribution < -0.4 is 0 Å². The van der Waals surface area contributed by atoms with Crippen LogP contribution in [-0.4, -0.2) is 17.2 Å². The van der Waals surface area contributed by atoms with Gasteiger partial charge in [0.2, 0.25) is 0 Å². The first-order valence-corrected chi connectivity index (χ1v) is 2.90. The number of hydrogen-bond acceptors (Lipinski definition) is 1. The number of rotatable bonds is 0. The molecule has 0 aromatic heterocycles. The van der Waals surface area contributed by atoms with Gasteiger partial charge in [0.1, 0.15) is 0 Å². The fourth-order valence-corrected chi connectivity index (χ4v) is 0. The van der Waals surface area contributed by atoms with Crippen LogP contribution in [0.2, 0.25) is 0 Å². The van der Waals surface area contributed by atoms with Gasteiger partial charge in [-0.15, -0.1) is 0 Å². The van der Waals surface area contributed by atoms with E-state index in [0.717, 1.165) is 0 Å². The molecule has 0 heterocycles. The van der Waals surface area contributed by atoms with Crippen molar-refractivity contribution in [3.05, 3.63) is 0 Å². The van der Waals surface area contributed by atoms with Gasteiger partial charge >= 0.3 is 36.4 Å². The molecule has 0 bridgehead atoms. The second-order valence-corrected chi connectivity index (χ2v) is 2.17. The van der Waals surface area contributed by atoms with Crippen molar-refractivity contribution in [3.8, 4) is 0 Å². The van der Waals surface area contributed by atoms with Gasteiger partial charge in [0.15, 0.2) is 0 Å². The molecule has 0 rings (SSSR count). The number of halogens is 2. The van der Waals surface area contributed by atoms with E-state index >= 15 is 0 Å². The van der Waals surface area contributed by atoms with E-state index in [9.17, 15) is 8.39 Å². The van der Waals surface area contributed by atoms with Crippen LogP contribution in [-0.2, 0) is 4.57 Å². The Bertz CT molecular complexity index is 55.8. The minimum atomic E-state index is -4.64. The van der Waals surface area contributed by atoms with Crippen LogP contribution in [0.1, 0.15) is 0 Å². The molecule has 0 fully saturated rings. The van der Waals surface area contributed by atoms with Gasteiger partial charge in [-0.2, -0.15) is 0 Å². The standard InChI is InChI=1S/F2OP.Li/c1-4(2)3;/q+1;-1. The average molecular weight is 91.9 g/mol. The zero-order chi connectivity index (χ0) is 4.50. The molecule has 0 radical (unpaired) electrons. The predicted octanol–water partition coefficient (Wildman–Crippen LogP) is 1.20. The van der Waals surface area contributed by atoms with E-state index in [-0.39, 0.29) is 0 Å². The van der Waals surface area contributed by atoms with E-state index in [1.54, 1.807) is 0 Å². The molecule has 0 aliphatic heterocycles. The van der Waals surface area contributed by atoms with Crippen LogP contribution in [0, 0.1) is 0 Å². The fourth-order valence-electron chi connectivity index (χ4n) is 0. The summed E-state index contributed by atoms with van der Waals surface area (Å²) in [5.74, 6) is 0. The van der Waals surface area contributed by atoms with Gasteiger partial charge in [-0.3, -0.25) is 0 Å². The van der Waals surface area contributed by atoms with Crippen molar-refractivity contribution in [3.63, 3.8) is 0 Å². The summed E-state index contributed by atoms with van der Waals surface area (Å²) in [4.78, 5) is 0. The Hall–Kier alpha value is 0.687. The molecule has 1 nitrogen and oxygen atoms in total. The van der Waals surface area contributed by atoms with Crippen molar-refractivity contribution >= 4 is 23.4 Å². The van der Waals surface area contributed by atoms with Crippen molar-refractivity contribution in [1.29, 1.82) is 0 Å². The topological polar surface area (TPSA) is 17.1 Å². The van der Waals surface area contributed by atoms with Crippen molar-refractivity contribution in [2.75, 3.05) is 0 Å². The second kappa shape index (κ2) is 1.43. The van der Waals surface area contributed by atoms with Crippen LogP contribution in [0.15, 0.2) is 0 Å². The van der Waals surface area contributed by atoms with Gasteiger partial charge in [-0.05, 0) is 0 Å². The summed E-state index contributed by atoms with van der Waals surface area (Å²) < 4.78 is 30.0. The van der Waals surface area contributed by atoms with Crippen molar-refractivity contribution in [2.24, 2.45) is 0 Å². The van der Waals surface area contributed by atoms with Crippen LogP contribution in [0.3, 0.4) is 0 Å². The zero-order valence-electron chi connectivity index (χ0n) is 2.61. The summed E-state index contributed by atoms with van der Waals surface area (Å²) >= 11 is 0.410. The Morgan fingerprint density at radius 2 is 1.60 bits per heavy atom. The summed E-state index contributed by atoms with van der Waals surface area (Å²) in [6.07, 6.45) is -4.64. The number of hydrogen-bond donors (Lipinski definition) is 0. The third kappa shape index (κ3) is 71.6. The van der Waals surface area contributed by atoms with E-state index in [2.05, 4.69) is 0 Å². The zero-order valence-corrected chi connectivity index (χ0v) is 3.51. The molecular weight excluding hydrogens is 91.9 g/mol. The van der Waals surface area contributed by atoms with Crippen molar-refractivity contribution in [1.82, 2.24) is 0 Å².